The minimum atomic E-state index is -0.461. The topological polar surface area (TPSA) is 49.4 Å². The van der Waals surface area contributed by atoms with Crippen molar-refractivity contribution in [2.75, 3.05) is 6.54 Å². The standard InChI is InChI=1S/C18H12N2O2S3/c1-2-7-20-16(22)13(15(21)19-18(20)23)9-10-8-12-11-5-3-4-6-14(11)25-17(12)24-10/h2-6,8-9H,1,7H2,(H,19,21,23)/b13-9+. The second kappa shape index (κ2) is 6.18. The first kappa shape index (κ1) is 16.1. The van der Waals surface area contributed by atoms with Gasteiger partial charge in [-0.2, -0.15) is 0 Å². The van der Waals surface area contributed by atoms with Crippen LogP contribution < -0.4 is 5.32 Å². The molecule has 2 amide bonds. The van der Waals surface area contributed by atoms with E-state index in [9.17, 15) is 9.59 Å². The third-order valence-electron chi connectivity index (χ3n) is 3.88. The second-order valence-electron chi connectivity index (χ2n) is 5.47. The lowest BCUT2D eigenvalue weighted by Gasteiger charge is -2.27. The molecule has 7 heteroatoms. The highest BCUT2D eigenvalue weighted by molar-refractivity contribution is 7.80. The Bertz CT molecular complexity index is 1090. The Morgan fingerprint density at radius 1 is 1.20 bits per heavy atom. The first-order valence-corrected chi connectivity index (χ1v) is 9.53. The lowest BCUT2D eigenvalue weighted by atomic mass is 10.1. The predicted molar refractivity (Wildman–Crippen MR) is 108 cm³/mol. The fourth-order valence-corrected chi connectivity index (χ4v) is 5.47. The molecule has 1 aliphatic heterocycles. The van der Waals surface area contributed by atoms with Crippen molar-refractivity contribution in [1.82, 2.24) is 10.2 Å². The zero-order chi connectivity index (χ0) is 17.6. The lowest BCUT2D eigenvalue weighted by molar-refractivity contribution is -0.128. The highest BCUT2D eigenvalue weighted by Crippen LogP contribution is 2.40. The van der Waals surface area contributed by atoms with Gasteiger partial charge in [-0.15, -0.1) is 29.3 Å². The van der Waals surface area contributed by atoms with Gasteiger partial charge in [-0.3, -0.25) is 19.8 Å². The quantitative estimate of drug-likeness (QED) is 0.322. The van der Waals surface area contributed by atoms with Gasteiger partial charge < -0.3 is 0 Å². The number of rotatable bonds is 3. The van der Waals surface area contributed by atoms with Crippen molar-refractivity contribution < 1.29 is 9.59 Å². The number of thiophene rings is 2. The number of carbonyl (C=O) groups is 2. The first-order chi connectivity index (χ1) is 12.1. The van der Waals surface area contributed by atoms with E-state index in [1.165, 1.54) is 19.0 Å². The Kier molecular flexibility index (Phi) is 3.99. The van der Waals surface area contributed by atoms with Crippen LogP contribution in [0.15, 0.2) is 48.6 Å². The van der Waals surface area contributed by atoms with Crippen LogP contribution in [0.2, 0.25) is 0 Å². The Hall–Kier alpha value is -2.35. The molecule has 0 bridgehead atoms. The molecule has 3 heterocycles. The molecular weight excluding hydrogens is 372 g/mol. The number of thiocarbonyl (C=S) groups is 1. The molecule has 1 N–H and O–H groups in total. The van der Waals surface area contributed by atoms with Gasteiger partial charge in [0, 0.05) is 26.9 Å². The Morgan fingerprint density at radius 2 is 2.00 bits per heavy atom. The number of fused-ring (bicyclic) bond motifs is 3. The molecule has 3 aromatic rings. The van der Waals surface area contributed by atoms with Crippen LogP contribution in [0.4, 0.5) is 0 Å². The summed E-state index contributed by atoms with van der Waals surface area (Å²) >= 11 is 8.35. The van der Waals surface area contributed by atoms with Gasteiger partial charge >= 0.3 is 0 Å². The molecule has 1 fully saturated rings. The zero-order valence-corrected chi connectivity index (χ0v) is 15.4. The highest BCUT2D eigenvalue weighted by Gasteiger charge is 2.32. The number of hydrogen-bond acceptors (Lipinski definition) is 5. The maximum absolute atomic E-state index is 12.6. The molecular formula is C18H12N2O2S3. The maximum atomic E-state index is 12.6. The van der Waals surface area contributed by atoms with E-state index in [-0.39, 0.29) is 17.2 Å². The second-order valence-corrected chi connectivity index (χ2v) is 8.25. The van der Waals surface area contributed by atoms with Gasteiger partial charge in [0.05, 0.1) is 4.01 Å². The zero-order valence-electron chi connectivity index (χ0n) is 12.9. The number of nitrogens with one attached hydrogen (secondary N) is 1. The number of benzene rings is 1. The molecule has 0 aliphatic carbocycles. The SMILES string of the molecule is C=CCN1C(=O)/C(=C/c2cc3c(s2)sc2ccccc23)C(=O)NC1=S. The monoisotopic (exact) mass is 384 g/mol. The van der Waals surface area contributed by atoms with E-state index in [1.54, 1.807) is 34.8 Å². The molecule has 0 saturated carbocycles. The van der Waals surface area contributed by atoms with E-state index in [2.05, 4.69) is 24.0 Å². The van der Waals surface area contributed by atoms with E-state index in [0.717, 1.165) is 10.3 Å². The average Bonchev–Trinajstić information content (AvgIpc) is 3.12. The molecule has 1 saturated heterocycles. The molecule has 4 rings (SSSR count). The summed E-state index contributed by atoms with van der Waals surface area (Å²) in [7, 11) is 0. The van der Waals surface area contributed by atoms with E-state index in [0.29, 0.717) is 0 Å². The first-order valence-electron chi connectivity index (χ1n) is 7.49. The van der Waals surface area contributed by atoms with Gasteiger partial charge in [0.2, 0.25) is 0 Å². The van der Waals surface area contributed by atoms with Gasteiger partial charge in [0.1, 0.15) is 5.57 Å². The van der Waals surface area contributed by atoms with E-state index < -0.39 is 11.8 Å². The largest absolute Gasteiger partial charge is 0.298 e. The molecule has 1 aromatic carbocycles. The fourth-order valence-electron chi connectivity index (χ4n) is 2.74. The highest BCUT2D eigenvalue weighted by atomic mass is 32.2. The van der Waals surface area contributed by atoms with Gasteiger partial charge in [-0.1, -0.05) is 24.3 Å². The third-order valence-corrected chi connectivity index (χ3v) is 6.56. The van der Waals surface area contributed by atoms with Crippen molar-refractivity contribution in [3.63, 3.8) is 0 Å². The van der Waals surface area contributed by atoms with Crippen molar-refractivity contribution >= 4 is 77.4 Å². The number of hydrogen-bond donors (Lipinski definition) is 1. The van der Waals surface area contributed by atoms with Crippen molar-refractivity contribution in [3.8, 4) is 0 Å². The minimum Gasteiger partial charge on any atom is -0.298 e. The van der Waals surface area contributed by atoms with Crippen LogP contribution in [-0.4, -0.2) is 28.4 Å². The van der Waals surface area contributed by atoms with Crippen LogP contribution >= 0.6 is 34.9 Å². The molecule has 2 aromatic heterocycles. The molecule has 4 nitrogen and oxygen atoms in total. The molecule has 0 atom stereocenters. The number of nitrogens with zero attached hydrogens (tertiary/aromatic N) is 1. The normalized spacial score (nSPS) is 16.9. The van der Waals surface area contributed by atoms with Crippen LogP contribution in [0.1, 0.15) is 4.88 Å². The van der Waals surface area contributed by atoms with Crippen LogP contribution in [-0.2, 0) is 9.59 Å². The van der Waals surface area contributed by atoms with Crippen molar-refractivity contribution in [2.24, 2.45) is 0 Å². The minimum absolute atomic E-state index is 0.0914. The van der Waals surface area contributed by atoms with Crippen LogP contribution in [0.3, 0.4) is 0 Å². The van der Waals surface area contributed by atoms with Crippen LogP contribution in [0.5, 0.6) is 0 Å². The smallest absolute Gasteiger partial charge is 0.265 e. The van der Waals surface area contributed by atoms with E-state index in [1.807, 2.05) is 18.2 Å². The summed E-state index contributed by atoms with van der Waals surface area (Å²) in [5, 5.41) is 5.02. The van der Waals surface area contributed by atoms with Gasteiger partial charge in [0.15, 0.2) is 5.11 Å². The summed E-state index contributed by atoms with van der Waals surface area (Å²) in [6, 6.07) is 10.2. The van der Waals surface area contributed by atoms with Crippen molar-refractivity contribution in [1.29, 1.82) is 0 Å². The number of amides is 2. The van der Waals surface area contributed by atoms with Crippen LogP contribution in [0.25, 0.3) is 25.6 Å². The molecule has 0 radical (unpaired) electrons. The van der Waals surface area contributed by atoms with E-state index in [4.69, 9.17) is 12.2 Å². The van der Waals surface area contributed by atoms with Crippen molar-refractivity contribution in [2.45, 2.75) is 0 Å². The van der Waals surface area contributed by atoms with Gasteiger partial charge in [0.25, 0.3) is 11.8 Å². The number of carbonyl (C=O) groups excluding carboxylic acids is 2. The fraction of sp³-hybridized carbons (Fsp3) is 0.0556. The van der Waals surface area contributed by atoms with Crippen LogP contribution in [0, 0.1) is 0 Å². The molecule has 124 valence electrons. The van der Waals surface area contributed by atoms with E-state index >= 15 is 0 Å². The summed E-state index contributed by atoms with van der Waals surface area (Å²) in [6.07, 6.45) is 3.22. The van der Waals surface area contributed by atoms with Gasteiger partial charge in [-0.05, 0) is 30.4 Å². The van der Waals surface area contributed by atoms with Gasteiger partial charge in [-0.25, -0.2) is 0 Å². The lowest BCUT2D eigenvalue weighted by Crippen LogP contribution is -2.53. The molecule has 25 heavy (non-hydrogen) atoms. The maximum Gasteiger partial charge on any atom is 0.265 e. The van der Waals surface area contributed by atoms with Crippen molar-refractivity contribution in [3.05, 3.63) is 53.4 Å². The third kappa shape index (κ3) is 2.70. The summed E-state index contributed by atoms with van der Waals surface area (Å²) in [4.78, 5) is 27.0. The Morgan fingerprint density at radius 3 is 2.80 bits per heavy atom. The molecule has 0 spiro atoms. The predicted octanol–water partition coefficient (Wildman–Crippen LogP) is 3.93. The summed E-state index contributed by atoms with van der Waals surface area (Å²) in [5.41, 5.74) is 0.0914. The summed E-state index contributed by atoms with van der Waals surface area (Å²) < 4.78 is 2.41. The molecule has 1 aliphatic rings. The average molecular weight is 385 g/mol. The molecule has 0 unspecified atom stereocenters. The summed E-state index contributed by atoms with van der Waals surface area (Å²) in [5.74, 6) is -0.854. The Balaban J connectivity index is 1.77. The summed E-state index contributed by atoms with van der Waals surface area (Å²) in [6.45, 7) is 3.88. The Labute approximate surface area is 157 Å².